The molecule has 1 heterocycles. The average Bonchev–Trinajstić information content (AvgIpc) is 2.45. The zero-order valence-corrected chi connectivity index (χ0v) is 12.5. The maximum Gasteiger partial charge on any atom is 0.354 e. The van der Waals surface area contributed by atoms with Crippen LogP contribution in [0.1, 0.15) is 21.0 Å². The quantitative estimate of drug-likeness (QED) is 0.380. The van der Waals surface area contributed by atoms with Gasteiger partial charge in [0.15, 0.2) is 0 Å². The van der Waals surface area contributed by atoms with Crippen molar-refractivity contribution in [3.05, 3.63) is 29.6 Å². The van der Waals surface area contributed by atoms with E-state index in [4.69, 9.17) is 25.5 Å². The van der Waals surface area contributed by atoms with Crippen LogP contribution >= 0.6 is 0 Å². The van der Waals surface area contributed by atoms with E-state index in [2.05, 4.69) is 4.98 Å². The fraction of sp³-hybridized carbons (Fsp3) is 0.231. The molecule has 25 heavy (non-hydrogen) atoms. The molecule has 1 rings (SSSR count). The van der Waals surface area contributed by atoms with Crippen molar-refractivity contribution in [2.75, 3.05) is 19.6 Å². The van der Waals surface area contributed by atoms with Gasteiger partial charge in [0.05, 0.1) is 19.6 Å². The van der Waals surface area contributed by atoms with Crippen molar-refractivity contribution in [2.24, 2.45) is 0 Å². The lowest BCUT2D eigenvalue weighted by Crippen LogP contribution is -2.38. The van der Waals surface area contributed by atoms with Crippen LogP contribution in [-0.4, -0.2) is 84.9 Å². The summed E-state index contributed by atoms with van der Waals surface area (Å²) in [5.74, 6) is -6.26. The maximum atomic E-state index is 10.3. The van der Waals surface area contributed by atoms with Crippen LogP contribution in [0, 0.1) is 0 Å². The number of aromatic nitrogens is 1. The zero-order chi connectivity index (χ0) is 19.6. The van der Waals surface area contributed by atoms with Gasteiger partial charge < -0.3 is 25.5 Å². The van der Waals surface area contributed by atoms with Crippen molar-refractivity contribution in [2.45, 2.75) is 0 Å². The van der Waals surface area contributed by atoms with Crippen molar-refractivity contribution in [3.63, 3.8) is 0 Å². The number of nitrogens with zero attached hydrogens (tertiary/aromatic N) is 2. The predicted molar refractivity (Wildman–Crippen MR) is 77.5 cm³/mol. The number of carbonyl (C=O) groups is 5. The van der Waals surface area contributed by atoms with Crippen LogP contribution in [0.15, 0.2) is 18.2 Å². The molecule has 0 radical (unpaired) electrons. The average molecular weight is 358 g/mol. The number of carboxylic acids is 5. The van der Waals surface area contributed by atoms with E-state index in [0.717, 1.165) is 4.90 Å². The Kier molecular flexibility index (Phi) is 8.82. The number of hydrogen-bond acceptors (Lipinski definition) is 7. The molecule has 0 aliphatic carbocycles. The van der Waals surface area contributed by atoms with Crippen LogP contribution in [0.2, 0.25) is 0 Å². The van der Waals surface area contributed by atoms with Gasteiger partial charge in [0.25, 0.3) is 0 Å². The molecule has 0 fully saturated rings. The second-order valence-corrected chi connectivity index (χ2v) is 4.34. The van der Waals surface area contributed by atoms with Gasteiger partial charge in [0.2, 0.25) is 0 Å². The first kappa shape index (κ1) is 21.5. The molecule has 0 bridgehead atoms. The SMILES string of the molecule is O=C(O)CN(CC(=O)O)CC(=O)O.O=C(O)c1cccc(C(=O)O)n1. The summed E-state index contributed by atoms with van der Waals surface area (Å²) in [6.07, 6.45) is 0. The third kappa shape index (κ3) is 9.96. The molecule has 0 saturated heterocycles. The second-order valence-electron chi connectivity index (χ2n) is 4.34. The summed E-state index contributed by atoms with van der Waals surface area (Å²) in [6.45, 7) is -1.80. The third-order valence-electron chi connectivity index (χ3n) is 2.26. The highest BCUT2D eigenvalue weighted by Crippen LogP contribution is 1.98. The molecule has 1 aromatic rings. The summed E-state index contributed by atoms with van der Waals surface area (Å²) < 4.78 is 0. The highest BCUT2D eigenvalue weighted by Gasteiger charge is 2.15. The number of hydrogen-bond donors (Lipinski definition) is 5. The normalized spacial score (nSPS) is 9.64. The molecule has 0 unspecified atom stereocenters. The Morgan fingerprint density at radius 3 is 1.28 bits per heavy atom. The van der Waals surface area contributed by atoms with E-state index < -0.39 is 49.5 Å². The number of pyridine rings is 1. The smallest absolute Gasteiger partial charge is 0.354 e. The largest absolute Gasteiger partial charge is 0.480 e. The molecule has 0 amide bonds. The summed E-state index contributed by atoms with van der Waals surface area (Å²) in [5.41, 5.74) is -0.537. The van der Waals surface area contributed by atoms with Crippen molar-refractivity contribution >= 4 is 29.8 Å². The van der Waals surface area contributed by atoms with Crippen LogP contribution in [0.3, 0.4) is 0 Å². The summed E-state index contributed by atoms with van der Waals surface area (Å²) in [7, 11) is 0. The van der Waals surface area contributed by atoms with Crippen molar-refractivity contribution in [3.8, 4) is 0 Å². The number of aromatic carboxylic acids is 2. The van der Waals surface area contributed by atoms with Crippen LogP contribution < -0.4 is 0 Å². The first-order valence-corrected chi connectivity index (χ1v) is 6.34. The maximum absolute atomic E-state index is 10.3. The van der Waals surface area contributed by atoms with E-state index in [9.17, 15) is 24.0 Å². The van der Waals surface area contributed by atoms with E-state index in [1.54, 1.807) is 0 Å². The Balaban J connectivity index is 0.000000462. The first-order valence-electron chi connectivity index (χ1n) is 6.34. The molecule has 0 spiro atoms. The minimum atomic E-state index is -1.26. The molecule has 0 atom stereocenters. The van der Waals surface area contributed by atoms with E-state index in [1.807, 2.05) is 0 Å². The highest BCUT2D eigenvalue weighted by molar-refractivity contribution is 5.89. The third-order valence-corrected chi connectivity index (χ3v) is 2.26. The van der Waals surface area contributed by atoms with Gasteiger partial charge in [-0.3, -0.25) is 19.3 Å². The Labute approximate surface area is 139 Å². The van der Waals surface area contributed by atoms with Gasteiger partial charge in [0, 0.05) is 0 Å². The Morgan fingerprint density at radius 1 is 0.720 bits per heavy atom. The molecule has 5 N–H and O–H groups in total. The summed E-state index contributed by atoms with van der Waals surface area (Å²) in [6, 6.07) is 3.80. The molecule has 0 aliphatic heterocycles. The standard InChI is InChI=1S/C7H5NO4.C6H9NO6/c9-6(10)4-2-1-3-5(8-4)7(11)12;8-4(9)1-7(2-5(10)11)3-6(12)13/h1-3H,(H,9,10)(H,11,12);1-3H2,(H,8,9)(H,10,11)(H,12,13). The minimum Gasteiger partial charge on any atom is -0.480 e. The topological polar surface area (TPSA) is 203 Å². The van der Waals surface area contributed by atoms with E-state index in [-0.39, 0.29) is 11.4 Å². The second kappa shape index (κ2) is 10.3. The predicted octanol–water partition coefficient (Wildman–Crippen LogP) is -0.980. The monoisotopic (exact) mass is 358 g/mol. The van der Waals surface area contributed by atoms with Gasteiger partial charge in [-0.05, 0) is 12.1 Å². The zero-order valence-electron chi connectivity index (χ0n) is 12.5. The molecule has 136 valence electrons. The molecule has 0 aromatic carbocycles. The van der Waals surface area contributed by atoms with Crippen LogP contribution in [0.5, 0.6) is 0 Å². The fourth-order valence-electron chi connectivity index (χ4n) is 1.41. The minimum absolute atomic E-state index is 0.269. The van der Waals surface area contributed by atoms with Gasteiger partial charge in [-0.2, -0.15) is 0 Å². The molecule has 1 aromatic heterocycles. The van der Waals surface area contributed by atoms with Crippen LogP contribution in [0.4, 0.5) is 0 Å². The number of rotatable bonds is 8. The molecule has 12 heteroatoms. The fourth-order valence-corrected chi connectivity index (χ4v) is 1.41. The van der Waals surface area contributed by atoms with Crippen molar-refractivity contribution < 1.29 is 49.5 Å². The van der Waals surface area contributed by atoms with Gasteiger partial charge in [-0.25, -0.2) is 14.6 Å². The van der Waals surface area contributed by atoms with E-state index in [1.165, 1.54) is 18.2 Å². The van der Waals surface area contributed by atoms with Gasteiger partial charge in [-0.1, -0.05) is 6.07 Å². The molecule has 0 saturated carbocycles. The lowest BCUT2D eigenvalue weighted by molar-refractivity contribution is -0.144. The summed E-state index contributed by atoms with van der Waals surface area (Å²) >= 11 is 0. The molecule has 12 nitrogen and oxygen atoms in total. The summed E-state index contributed by atoms with van der Waals surface area (Å²) in [4.78, 5) is 55.2. The van der Waals surface area contributed by atoms with Crippen LogP contribution in [-0.2, 0) is 14.4 Å². The number of aliphatic carboxylic acids is 3. The first-order chi connectivity index (χ1) is 11.5. The molecule has 0 aliphatic rings. The van der Waals surface area contributed by atoms with Gasteiger partial charge >= 0.3 is 29.8 Å². The lowest BCUT2D eigenvalue weighted by atomic mass is 10.3. The summed E-state index contributed by atoms with van der Waals surface area (Å²) in [5, 5.41) is 41.7. The Hall–Kier alpha value is -3.54. The molecular weight excluding hydrogens is 344 g/mol. The van der Waals surface area contributed by atoms with E-state index in [0.29, 0.717) is 0 Å². The molecular formula is C13H14N2O10. The Morgan fingerprint density at radius 2 is 1.04 bits per heavy atom. The lowest BCUT2D eigenvalue weighted by Gasteiger charge is -2.14. The van der Waals surface area contributed by atoms with Crippen molar-refractivity contribution in [1.29, 1.82) is 0 Å². The number of carboxylic acid groups (broad SMARTS) is 5. The van der Waals surface area contributed by atoms with Gasteiger partial charge in [0.1, 0.15) is 11.4 Å². The highest BCUT2D eigenvalue weighted by atomic mass is 16.4. The van der Waals surface area contributed by atoms with Crippen LogP contribution in [0.25, 0.3) is 0 Å². The van der Waals surface area contributed by atoms with E-state index >= 15 is 0 Å². The Bertz CT molecular complexity index is 605. The van der Waals surface area contributed by atoms with Gasteiger partial charge in [-0.15, -0.1) is 0 Å². The van der Waals surface area contributed by atoms with Crippen molar-refractivity contribution in [1.82, 2.24) is 9.88 Å².